The first-order valence-corrected chi connectivity index (χ1v) is 11.0. The summed E-state index contributed by atoms with van der Waals surface area (Å²) in [5, 5.41) is 3.16. The topological polar surface area (TPSA) is 82.5 Å². The number of halogens is 3. The molecular formula is C25H28F3N3O4. The molecule has 7 nitrogen and oxygen atoms in total. The summed E-state index contributed by atoms with van der Waals surface area (Å²) in [4.78, 5) is 29.5. The van der Waals surface area contributed by atoms with Crippen molar-refractivity contribution in [2.75, 3.05) is 20.8 Å². The fraction of sp³-hybridized carbons (Fsp3) is 0.400. The maximum atomic E-state index is 13.0. The van der Waals surface area contributed by atoms with Gasteiger partial charge >= 0.3 is 6.18 Å². The van der Waals surface area contributed by atoms with Crippen LogP contribution in [0.15, 0.2) is 47.5 Å². The van der Waals surface area contributed by atoms with Gasteiger partial charge in [0.1, 0.15) is 0 Å². The zero-order valence-electron chi connectivity index (χ0n) is 20.0. The van der Waals surface area contributed by atoms with Crippen molar-refractivity contribution in [2.24, 2.45) is 0 Å². The molecule has 3 rings (SSSR count). The number of carbonyl (C=O) groups is 1. The Morgan fingerprint density at radius 3 is 2.37 bits per heavy atom. The van der Waals surface area contributed by atoms with Crippen LogP contribution in [0.25, 0.3) is 10.9 Å². The monoisotopic (exact) mass is 491 g/mol. The van der Waals surface area contributed by atoms with Crippen molar-refractivity contribution >= 4 is 16.8 Å². The van der Waals surface area contributed by atoms with Crippen molar-refractivity contribution in [3.8, 4) is 11.5 Å². The number of nitrogens with one attached hydrogen (secondary N) is 1. The van der Waals surface area contributed by atoms with Crippen molar-refractivity contribution in [1.82, 2.24) is 14.9 Å². The summed E-state index contributed by atoms with van der Waals surface area (Å²) in [7, 11) is 2.97. The molecule has 0 spiro atoms. The van der Waals surface area contributed by atoms with E-state index in [1.54, 1.807) is 32.0 Å². The number of alkyl halides is 3. The number of amides is 1. The first kappa shape index (κ1) is 26.1. The van der Waals surface area contributed by atoms with E-state index in [0.29, 0.717) is 34.4 Å². The molecule has 1 aromatic heterocycles. The van der Waals surface area contributed by atoms with Gasteiger partial charge in [-0.05, 0) is 24.1 Å². The summed E-state index contributed by atoms with van der Waals surface area (Å²) in [6.07, 6.45) is -2.47. The third-order valence-corrected chi connectivity index (χ3v) is 5.83. The molecule has 0 fully saturated rings. The molecule has 0 saturated carbocycles. The van der Waals surface area contributed by atoms with Crippen LogP contribution < -0.4 is 20.3 Å². The first-order valence-electron chi connectivity index (χ1n) is 11.0. The van der Waals surface area contributed by atoms with Crippen LogP contribution in [0, 0.1) is 0 Å². The quantitative estimate of drug-likeness (QED) is 0.483. The third kappa shape index (κ3) is 6.12. The minimum atomic E-state index is -4.43. The van der Waals surface area contributed by atoms with E-state index in [1.807, 2.05) is 0 Å². The Hall–Kier alpha value is -3.56. The number of aryl methyl sites for hydroxylation is 1. The van der Waals surface area contributed by atoms with Gasteiger partial charge < -0.3 is 14.8 Å². The van der Waals surface area contributed by atoms with Gasteiger partial charge in [0.15, 0.2) is 11.5 Å². The molecule has 3 aromatic rings. The number of rotatable bonds is 9. The van der Waals surface area contributed by atoms with E-state index in [1.165, 1.54) is 31.2 Å². The van der Waals surface area contributed by atoms with Crippen LogP contribution in [0.2, 0.25) is 0 Å². The van der Waals surface area contributed by atoms with Crippen molar-refractivity contribution in [2.45, 2.75) is 44.8 Å². The van der Waals surface area contributed by atoms with Crippen molar-refractivity contribution in [3.05, 3.63) is 64.2 Å². The number of carbonyl (C=O) groups excluding carboxylic acids is 1. The molecule has 0 aliphatic heterocycles. The number of fused-ring (bicyclic) bond motifs is 1. The van der Waals surface area contributed by atoms with Gasteiger partial charge in [0.05, 0.1) is 37.0 Å². The van der Waals surface area contributed by atoms with E-state index in [-0.39, 0.29) is 31.0 Å². The van der Waals surface area contributed by atoms with Crippen molar-refractivity contribution in [1.29, 1.82) is 0 Å². The summed E-state index contributed by atoms with van der Waals surface area (Å²) >= 11 is 0. The van der Waals surface area contributed by atoms with Gasteiger partial charge in [-0.1, -0.05) is 32.0 Å². The predicted octanol–water partition coefficient (Wildman–Crippen LogP) is 4.31. The summed E-state index contributed by atoms with van der Waals surface area (Å²) in [5.41, 5.74) is -0.732. The Labute approximate surface area is 200 Å². The molecule has 0 aliphatic carbocycles. The lowest BCUT2D eigenvalue weighted by molar-refractivity contribution is -0.137. The lowest BCUT2D eigenvalue weighted by Crippen LogP contribution is -2.37. The average Bonchev–Trinajstić information content (AvgIpc) is 2.83. The highest BCUT2D eigenvalue weighted by molar-refractivity contribution is 5.81. The van der Waals surface area contributed by atoms with E-state index < -0.39 is 17.2 Å². The Balaban J connectivity index is 1.59. The van der Waals surface area contributed by atoms with Crippen LogP contribution in [0.1, 0.15) is 37.8 Å². The predicted molar refractivity (Wildman–Crippen MR) is 126 cm³/mol. The highest BCUT2D eigenvalue weighted by Gasteiger charge is 2.32. The minimum Gasteiger partial charge on any atom is -0.493 e. The lowest BCUT2D eigenvalue weighted by atomic mass is 9.83. The zero-order chi connectivity index (χ0) is 25.8. The van der Waals surface area contributed by atoms with Gasteiger partial charge in [-0.2, -0.15) is 13.2 Å². The van der Waals surface area contributed by atoms with E-state index in [2.05, 4.69) is 10.3 Å². The van der Waals surface area contributed by atoms with Crippen LogP contribution in [0.4, 0.5) is 13.2 Å². The van der Waals surface area contributed by atoms with Crippen LogP contribution in [0.5, 0.6) is 11.5 Å². The molecule has 10 heteroatoms. The fourth-order valence-electron chi connectivity index (χ4n) is 3.68. The molecule has 0 saturated heterocycles. The second kappa shape index (κ2) is 10.4. The maximum absolute atomic E-state index is 13.0. The average molecular weight is 492 g/mol. The number of benzene rings is 2. The highest BCUT2D eigenvalue weighted by Crippen LogP contribution is 2.33. The van der Waals surface area contributed by atoms with Crippen LogP contribution >= 0.6 is 0 Å². The highest BCUT2D eigenvalue weighted by atomic mass is 19.4. The third-order valence-electron chi connectivity index (χ3n) is 5.83. The maximum Gasteiger partial charge on any atom is 0.416 e. The molecule has 2 aromatic carbocycles. The zero-order valence-corrected chi connectivity index (χ0v) is 20.0. The number of nitrogens with zero attached hydrogens (tertiary/aromatic N) is 2. The van der Waals surface area contributed by atoms with E-state index in [0.717, 1.165) is 12.1 Å². The molecule has 0 bridgehead atoms. The molecule has 0 atom stereocenters. The van der Waals surface area contributed by atoms with Gasteiger partial charge in [0.2, 0.25) is 5.91 Å². The van der Waals surface area contributed by atoms with Gasteiger partial charge in [-0.3, -0.25) is 14.2 Å². The molecule has 0 aliphatic rings. The van der Waals surface area contributed by atoms with Crippen molar-refractivity contribution < 1.29 is 27.4 Å². The molecule has 0 unspecified atom stereocenters. The second-order valence-electron chi connectivity index (χ2n) is 8.81. The Kier molecular flexibility index (Phi) is 7.72. The summed E-state index contributed by atoms with van der Waals surface area (Å²) in [6, 6.07) is 8.31. The van der Waals surface area contributed by atoms with E-state index in [4.69, 9.17) is 9.47 Å². The minimum absolute atomic E-state index is 0.148. The fourth-order valence-corrected chi connectivity index (χ4v) is 3.68. The molecule has 1 heterocycles. The summed E-state index contributed by atoms with van der Waals surface area (Å²) in [5.74, 6) is 0.632. The summed E-state index contributed by atoms with van der Waals surface area (Å²) < 4.78 is 51.0. The standard InChI is InChI=1S/C25H28F3N3O4/c1-24(2,16-7-5-8-17(11-16)25(26,27)28)14-29-22(32)9-6-10-31-15-30-19-13-21(35-4)20(34-3)12-18(19)23(31)33/h5,7-8,11-13,15H,6,9-10,14H2,1-4H3,(H,29,32). The van der Waals surface area contributed by atoms with Gasteiger partial charge in [-0.15, -0.1) is 0 Å². The Bertz CT molecular complexity index is 1270. The second-order valence-corrected chi connectivity index (χ2v) is 8.81. The molecule has 0 radical (unpaired) electrons. The van der Waals surface area contributed by atoms with Gasteiger partial charge in [0, 0.05) is 31.0 Å². The Morgan fingerprint density at radius 2 is 1.71 bits per heavy atom. The van der Waals surface area contributed by atoms with Crippen LogP contribution in [0.3, 0.4) is 0 Å². The number of hydrogen-bond donors (Lipinski definition) is 1. The largest absolute Gasteiger partial charge is 0.493 e. The molecule has 188 valence electrons. The van der Waals surface area contributed by atoms with E-state index >= 15 is 0 Å². The number of hydrogen-bond acceptors (Lipinski definition) is 5. The van der Waals surface area contributed by atoms with Gasteiger partial charge in [-0.25, -0.2) is 4.98 Å². The van der Waals surface area contributed by atoms with Crippen LogP contribution in [-0.2, 0) is 22.9 Å². The molecule has 1 N–H and O–H groups in total. The number of methoxy groups -OCH3 is 2. The summed E-state index contributed by atoms with van der Waals surface area (Å²) in [6.45, 7) is 3.99. The van der Waals surface area contributed by atoms with Crippen molar-refractivity contribution in [3.63, 3.8) is 0 Å². The Morgan fingerprint density at radius 1 is 1.06 bits per heavy atom. The molecular weight excluding hydrogens is 463 g/mol. The number of ether oxygens (including phenoxy) is 2. The molecule has 1 amide bonds. The number of aromatic nitrogens is 2. The SMILES string of the molecule is COc1cc2ncn(CCCC(=O)NCC(C)(C)c3cccc(C(F)(F)F)c3)c(=O)c2cc1OC. The smallest absolute Gasteiger partial charge is 0.416 e. The molecule has 35 heavy (non-hydrogen) atoms. The van der Waals surface area contributed by atoms with Gasteiger partial charge in [0.25, 0.3) is 5.56 Å². The van der Waals surface area contributed by atoms with Crippen LogP contribution in [-0.4, -0.2) is 36.2 Å². The van der Waals surface area contributed by atoms with E-state index in [9.17, 15) is 22.8 Å². The normalized spacial score (nSPS) is 12.0. The first-order chi connectivity index (χ1) is 16.5. The lowest BCUT2D eigenvalue weighted by Gasteiger charge is -2.26.